The number of aromatic nitrogens is 3. The Bertz CT molecular complexity index is 681. The fourth-order valence-corrected chi connectivity index (χ4v) is 2.23. The summed E-state index contributed by atoms with van der Waals surface area (Å²) in [6, 6.07) is 7.43. The van der Waals surface area contributed by atoms with Gasteiger partial charge in [0.1, 0.15) is 6.33 Å². The van der Waals surface area contributed by atoms with Crippen LogP contribution in [0.1, 0.15) is 32.6 Å². The van der Waals surface area contributed by atoms with Crippen LogP contribution >= 0.6 is 0 Å². The largest absolute Gasteiger partial charge is 0.481 e. The maximum absolute atomic E-state index is 11.9. The number of benzene rings is 1. The summed E-state index contributed by atoms with van der Waals surface area (Å²) in [5.41, 5.74) is 1.57. The highest BCUT2D eigenvalue weighted by atomic mass is 16.4. The molecule has 0 aliphatic carbocycles. The number of hydrogen-bond donors (Lipinski definition) is 2. The number of rotatable bonds is 8. The monoisotopic (exact) mass is 316 g/mol. The molecule has 0 radical (unpaired) electrons. The molecule has 23 heavy (non-hydrogen) atoms. The van der Waals surface area contributed by atoms with E-state index in [1.165, 1.54) is 0 Å². The van der Waals surface area contributed by atoms with Gasteiger partial charge in [-0.25, -0.2) is 0 Å². The van der Waals surface area contributed by atoms with Crippen molar-refractivity contribution in [2.75, 3.05) is 5.32 Å². The number of aliphatic carboxylic acids is 1. The standard InChI is InChI=1S/C16H20N4O3/c1-2-20-11-17-19-16(20)12-6-5-7-13(10-12)18-14(21)8-3-4-9-15(22)23/h5-7,10-11H,2-4,8-9H2,1H3,(H,18,21)(H,22,23). The van der Waals surface area contributed by atoms with Crippen LogP contribution < -0.4 is 5.32 Å². The van der Waals surface area contributed by atoms with E-state index in [0.717, 1.165) is 17.9 Å². The Morgan fingerprint density at radius 2 is 2.04 bits per heavy atom. The second-order valence-electron chi connectivity index (χ2n) is 5.17. The number of carboxylic acid groups (broad SMARTS) is 1. The first-order valence-corrected chi connectivity index (χ1v) is 7.60. The van der Waals surface area contributed by atoms with Crippen LogP contribution in [0.3, 0.4) is 0 Å². The minimum absolute atomic E-state index is 0.0927. The number of carbonyl (C=O) groups excluding carboxylic acids is 1. The lowest BCUT2D eigenvalue weighted by Gasteiger charge is -2.08. The Labute approximate surface area is 134 Å². The average molecular weight is 316 g/mol. The van der Waals surface area contributed by atoms with Gasteiger partial charge < -0.3 is 15.0 Å². The van der Waals surface area contributed by atoms with Crippen molar-refractivity contribution in [3.05, 3.63) is 30.6 Å². The fourth-order valence-electron chi connectivity index (χ4n) is 2.23. The Balaban J connectivity index is 1.95. The van der Waals surface area contributed by atoms with Gasteiger partial charge in [0.25, 0.3) is 0 Å². The highest BCUT2D eigenvalue weighted by Gasteiger charge is 2.08. The van der Waals surface area contributed by atoms with Crippen molar-refractivity contribution in [2.24, 2.45) is 0 Å². The van der Waals surface area contributed by atoms with Crippen molar-refractivity contribution >= 4 is 17.6 Å². The molecule has 2 aromatic rings. The van der Waals surface area contributed by atoms with Gasteiger partial charge in [0.2, 0.25) is 5.91 Å². The van der Waals surface area contributed by atoms with E-state index in [4.69, 9.17) is 5.11 Å². The smallest absolute Gasteiger partial charge is 0.303 e. The molecule has 0 aliphatic heterocycles. The van der Waals surface area contributed by atoms with Crippen LogP contribution in [0.4, 0.5) is 5.69 Å². The molecule has 2 N–H and O–H groups in total. The molecule has 0 unspecified atom stereocenters. The Kier molecular flexibility index (Phi) is 5.85. The number of amides is 1. The van der Waals surface area contributed by atoms with Crippen LogP contribution in [0.2, 0.25) is 0 Å². The van der Waals surface area contributed by atoms with Crippen LogP contribution in [-0.2, 0) is 16.1 Å². The van der Waals surface area contributed by atoms with Gasteiger partial charge in [-0.3, -0.25) is 9.59 Å². The topological polar surface area (TPSA) is 97.1 Å². The summed E-state index contributed by atoms with van der Waals surface area (Å²) in [5.74, 6) is -0.201. The van der Waals surface area contributed by atoms with Crippen LogP contribution in [0, 0.1) is 0 Å². The van der Waals surface area contributed by atoms with E-state index in [2.05, 4.69) is 15.5 Å². The molecule has 0 spiro atoms. The van der Waals surface area contributed by atoms with E-state index in [9.17, 15) is 9.59 Å². The molecular weight excluding hydrogens is 296 g/mol. The highest BCUT2D eigenvalue weighted by Crippen LogP contribution is 2.21. The second kappa shape index (κ2) is 8.07. The predicted molar refractivity (Wildman–Crippen MR) is 85.9 cm³/mol. The first-order chi connectivity index (χ1) is 11.1. The first kappa shape index (κ1) is 16.7. The number of anilines is 1. The highest BCUT2D eigenvalue weighted by molar-refractivity contribution is 5.91. The fraction of sp³-hybridized carbons (Fsp3) is 0.375. The predicted octanol–water partition coefficient (Wildman–Crippen LogP) is 2.55. The third kappa shape index (κ3) is 4.91. The third-order valence-corrected chi connectivity index (χ3v) is 3.41. The van der Waals surface area contributed by atoms with E-state index >= 15 is 0 Å². The lowest BCUT2D eigenvalue weighted by molar-refractivity contribution is -0.137. The normalized spacial score (nSPS) is 10.5. The molecule has 0 aliphatic rings. The van der Waals surface area contributed by atoms with E-state index in [1.807, 2.05) is 35.8 Å². The number of aryl methyl sites for hydroxylation is 1. The molecule has 0 atom stereocenters. The molecule has 0 saturated heterocycles. The number of nitrogens with one attached hydrogen (secondary N) is 1. The van der Waals surface area contributed by atoms with E-state index in [-0.39, 0.29) is 12.3 Å². The van der Waals surface area contributed by atoms with Gasteiger partial charge in [-0.05, 0) is 31.9 Å². The molecule has 0 fully saturated rings. The maximum atomic E-state index is 11.9. The van der Waals surface area contributed by atoms with Crippen molar-refractivity contribution < 1.29 is 14.7 Å². The lowest BCUT2D eigenvalue weighted by atomic mass is 10.1. The molecule has 2 rings (SSSR count). The SMILES string of the molecule is CCn1cnnc1-c1cccc(NC(=O)CCCCC(=O)O)c1. The quantitative estimate of drug-likeness (QED) is 0.729. The van der Waals surface area contributed by atoms with E-state index in [1.54, 1.807) is 6.33 Å². The molecule has 1 aromatic heterocycles. The Hall–Kier alpha value is -2.70. The van der Waals surface area contributed by atoms with Crippen LogP contribution in [0.25, 0.3) is 11.4 Å². The minimum atomic E-state index is -0.835. The Morgan fingerprint density at radius 1 is 1.26 bits per heavy atom. The van der Waals surface area contributed by atoms with Gasteiger partial charge in [0.05, 0.1) is 0 Å². The van der Waals surface area contributed by atoms with Gasteiger partial charge in [-0.1, -0.05) is 12.1 Å². The molecule has 7 heteroatoms. The Morgan fingerprint density at radius 3 is 2.78 bits per heavy atom. The van der Waals surface area contributed by atoms with Crippen LogP contribution in [-0.4, -0.2) is 31.7 Å². The number of nitrogens with zero attached hydrogens (tertiary/aromatic N) is 3. The number of carboxylic acids is 1. The van der Waals surface area contributed by atoms with Crippen molar-refractivity contribution in [3.63, 3.8) is 0 Å². The van der Waals surface area contributed by atoms with Crippen LogP contribution in [0.15, 0.2) is 30.6 Å². The zero-order valence-electron chi connectivity index (χ0n) is 13.0. The molecule has 1 heterocycles. The van der Waals surface area contributed by atoms with Crippen molar-refractivity contribution in [3.8, 4) is 11.4 Å². The first-order valence-electron chi connectivity index (χ1n) is 7.60. The van der Waals surface area contributed by atoms with Crippen molar-refractivity contribution in [1.29, 1.82) is 0 Å². The third-order valence-electron chi connectivity index (χ3n) is 3.41. The summed E-state index contributed by atoms with van der Waals surface area (Å²) in [4.78, 5) is 22.3. The number of carbonyl (C=O) groups is 2. The van der Waals surface area contributed by atoms with Gasteiger partial charge >= 0.3 is 5.97 Å². The molecule has 122 valence electrons. The van der Waals surface area contributed by atoms with Crippen LogP contribution in [0.5, 0.6) is 0 Å². The zero-order chi connectivity index (χ0) is 16.7. The van der Waals surface area contributed by atoms with Gasteiger partial charge in [0, 0.05) is 30.6 Å². The molecule has 1 amide bonds. The maximum Gasteiger partial charge on any atom is 0.303 e. The summed E-state index contributed by atoms with van der Waals surface area (Å²) >= 11 is 0. The minimum Gasteiger partial charge on any atom is -0.481 e. The zero-order valence-corrected chi connectivity index (χ0v) is 13.0. The average Bonchev–Trinajstić information content (AvgIpc) is 3.00. The van der Waals surface area contributed by atoms with Crippen molar-refractivity contribution in [2.45, 2.75) is 39.2 Å². The summed E-state index contributed by atoms with van der Waals surface area (Å²) in [6.07, 6.45) is 3.13. The molecular formula is C16H20N4O3. The van der Waals surface area contributed by atoms with E-state index in [0.29, 0.717) is 24.9 Å². The van der Waals surface area contributed by atoms with Gasteiger partial charge in [0.15, 0.2) is 5.82 Å². The van der Waals surface area contributed by atoms with E-state index < -0.39 is 5.97 Å². The summed E-state index contributed by atoms with van der Waals surface area (Å²) in [7, 11) is 0. The van der Waals surface area contributed by atoms with Gasteiger partial charge in [-0.2, -0.15) is 0 Å². The number of unbranched alkanes of at least 4 members (excludes halogenated alkanes) is 1. The molecule has 7 nitrogen and oxygen atoms in total. The summed E-state index contributed by atoms with van der Waals surface area (Å²) in [5, 5.41) is 19.4. The summed E-state index contributed by atoms with van der Waals surface area (Å²) < 4.78 is 1.92. The molecule has 0 bridgehead atoms. The second-order valence-corrected chi connectivity index (χ2v) is 5.17. The van der Waals surface area contributed by atoms with Crippen molar-refractivity contribution in [1.82, 2.24) is 14.8 Å². The molecule has 0 saturated carbocycles. The lowest BCUT2D eigenvalue weighted by Crippen LogP contribution is -2.11. The summed E-state index contributed by atoms with van der Waals surface area (Å²) in [6.45, 7) is 2.78. The number of hydrogen-bond acceptors (Lipinski definition) is 4. The van der Waals surface area contributed by atoms with Gasteiger partial charge in [-0.15, -0.1) is 10.2 Å². The molecule has 1 aromatic carbocycles.